The topological polar surface area (TPSA) is 0 Å². The first-order valence-electron chi connectivity index (χ1n) is 10.8. The van der Waals surface area contributed by atoms with E-state index in [1.165, 1.54) is 0 Å². The van der Waals surface area contributed by atoms with Crippen LogP contribution < -0.4 is 0 Å². The van der Waals surface area contributed by atoms with Crippen LogP contribution in [0.3, 0.4) is 0 Å². The van der Waals surface area contributed by atoms with Crippen LogP contribution in [0.15, 0.2) is 0 Å². The zero-order valence-corrected chi connectivity index (χ0v) is 27.7. The third-order valence-corrected chi connectivity index (χ3v) is 465. The van der Waals surface area contributed by atoms with Crippen molar-refractivity contribution >= 4 is 32.1 Å². The molecule has 0 nitrogen and oxygen atoms in total. The Bertz CT molecular complexity index is 499. The molecule has 0 aromatic carbocycles. The fraction of sp³-hybridized carbons (Fsp3) is 1.00. The summed E-state index contributed by atoms with van der Waals surface area (Å²) in [5.41, 5.74) is 0. The summed E-state index contributed by atoms with van der Waals surface area (Å²) in [7, 11) is -3.24. The Hall–Kier alpha value is 3.27. The average Bonchev–Trinajstić information content (AvgIpc) is 2.78. The van der Waals surface area contributed by atoms with E-state index in [0.717, 1.165) is 0 Å². The van der Waals surface area contributed by atoms with Crippen molar-refractivity contribution in [1.29, 1.82) is 0 Å². The molecule has 3 heterocycles. The third kappa shape index (κ3) is 1.33. The van der Waals surface area contributed by atoms with Gasteiger partial charge in [-0.1, -0.05) is 0 Å². The summed E-state index contributed by atoms with van der Waals surface area (Å²) in [6.45, 7) is 37.0. The maximum absolute atomic E-state index is 3.24. The van der Waals surface area contributed by atoms with Gasteiger partial charge in [-0.3, -0.25) is 0 Å². The van der Waals surface area contributed by atoms with Crippen LogP contribution >= 0.6 is 32.1 Å². The van der Waals surface area contributed by atoms with Gasteiger partial charge in [0, 0.05) is 0 Å². The molecule has 3 fully saturated rings. The van der Waals surface area contributed by atoms with Gasteiger partial charge in [-0.25, -0.2) is 0 Å². The van der Waals surface area contributed by atoms with Gasteiger partial charge in [0.05, 0.1) is 0 Å². The van der Waals surface area contributed by atoms with E-state index < -0.39 is 42.6 Å². The SMILES string of the molecule is C[PH]1(C)CC[PH](C)(C)[Mo]123([PH](C)(C)CC[PH]2(C)C)[PH](C)(C)CC[PH]3(C)C. The summed E-state index contributed by atoms with van der Waals surface area (Å²) < 4.78 is 0. The van der Waals surface area contributed by atoms with Crippen molar-refractivity contribution in [1.82, 2.24) is 0 Å². The molecule has 0 aromatic heterocycles. The van der Waals surface area contributed by atoms with Gasteiger partial charge in [-0.15, -0.1) is 0 Å². The molecule has 0 atom stereocenters. The van der Waals surface area contributed by atoms with Gasteiger partial charge in [0.25, 0.3) is 0 Å². The maximum atomic E-state index is 3.09. The normalized spacial score (nSPS) is 49.4. The van der Waals surface area contributed by atoms with E-state index >= 15 is 0 Å². The van der Waals surface area contributed by atoms with E-state index in [1.54, 1.807) is 37.0 Å². The van der Waals surface area contributed by atoms with Gasteiger partial charge in [-0.05, 0) is 0 Å². The Balaban J connectivity index is 2.88. The summed E-state index contributed by atoms with van der Waals surface area (Å²) in [5, 5.41) is -7.05. The molecule has 25 heavy (non-hydrogen) atoms. The van der Waals surface area contributed by atoms with Crippen LogP contribution in [0.25, 0.3) is 0 Å². The van der Waals surface area contributed by atoms with Crippen molar-refractivity contribution < 1.29 is 10.5 Å². The van der Waals surface area contributed by atoms with Gasteiger partial charge >= 0.3 is 160 Å². The van der Waals surface area contributed by atoms with Crippen molar-refractivity contribution in [3.63, 3.8) is 0 Å². The molecule has 7 heteroatoms. The molecule has 0 unspecified atom stereocenters. The Morgan fingerprint density at radius 1 is 0.320 bits per heavy atom. The molecule has 1 spiro atoms. The standard InChI is InChI=1S/3C6H16P2.Mo/c3*1-7(2)5-6-8(3)4;/h3*5-6H2,1-4H3;/q;;;-6/p+6. The minimum atomic E-state index is -3.24. The predicted molar refractivity (Wildman–Crippen MR) is 150 cm³/mol. The first-order chi connectivity index (χ1) is 10.8. The second-order valence-electron chi connectivity index (χ2n) is 13.6. The van der Waals surface area contributed by atoms with Gasteiger partial charge < -0.3 is 0 Å². The van der Waals surface area contributed by atoms with E-state index in [2.05, 4.69) is 80.0 Å². The monoisotopic (exact) mass is 554 g/mol. The predicted octanol–water partition coefficient (Wildman–Crippen LogP) is 5.80. The second-order valence-corrected chi connectivity index (χ2v) is 167. The van der Waals surface area contributed by atoms with Crippen molar-refractivity contribution in [2.75, 3.05) is 117 Å². The number of hydrogen-bond acceptors (Lipinski definition) is 0. The summed E-state index contributed by atoms with van der Waals surface area (Å²) in [6.07, 6.45) is 10.7. The minimum absolute atomic E-state index is 1.17. The van der Waals surface area contributed by atoms with Crippen molar-refractivity contribution in [2.24, 2.45) is 0 Å². The number of hydrogen-bond donors (Lipinski definition) is 0. The van der Waals surface area contributed by atoms with Crippen LogP contribution in [-0.4, -0.2) is 117 Å². The average molecular weight is 552 g/mol. The summed E-state index contributed by atoms with van der Waals surface area (Å²) in [5.74, 6) is 0. The summed E-state index contributed by atoms with van der Waals surface area (Å²) in [4.78, 5) is 0. The molecule has 0 aliphatic carbocycles. The Morgan fingerprint density at radius 2 is 0.440 bits per heavy atom. The van der Waals surface area contributed by atoms with Crippen LogP contribution in [0.2, 0.25) is 0 Å². The van der Waals surface area contributed by atoms with Crippen LogP contribution in [0, 0.1) is 0 Å². The summed E-state index contributed by atoms with van der Waals surface area (Å²) >= 11 is 0. The van der Waals surface area contributed by atoms with E-state index in [-0.39, 0.29) is 0 Å². The van der Waals surface area contributed by atoms with E-state index in [0.29, 0.717) is 0 Å². The molecule has 3 aliphatic heterocycles. The molecular formula is C18H54MoP6. The molecule has 0 radical (unpaired) electrons. The molecule has 162 valence electrons. The Morgan fingerprint density at radius 3 is 0.560 bits per heavy atom. The van der Waals surface area contributed by atoms with Gasteiger partial charge in [0.2, 0.25) is 0 Å². The van der Waals surface area contributed by atoms with Gasteiger partial charge in [0.1, 0.15) is 0 Å². The second kappa shape index (κ2) is 5.18. The van der Waals surface area contributed by atoms with Gasteiger partial charge in [-0.2, -0.15) is 0 Å². The van der Waals surface area contributed by atoms with E-state index in [4.69, 9.17) is 0 Å². The fourth-order valence-electron chi connectivity index (χ4n) is 14.6. The number of rotatable bonds is 0. The zero-order valence-electron chi connectivity index (χ0n) is 19.7. The van der Waals surface area contributed by atoms with Crippen molar-refractivity contribution in [3.05, 3.63) is 0 Å². The Kier molecular flexibility index (Phi) is 4.75. The van der Waals surface area contributed by atoms with Gasteiger partial charge in [0.15, 0.2) is 0 Å². The fourth-order valence-corrected chi connectivity index (χ4v) is 709. The molecule has 0 bridgehead atoms. The molecule has 0 aromatic rings. The zero-order chi connectivity index (χ0) is 19.7. The van der Waals surface area contributed by atoms with E-state index in [9.17, 15) is 0 Å². The molecule has 3 rings (SSSR count). The molecule has 0 amide bonds. The molecule has 3 aliphatic rings. The molecule has 3 saturated heterocycles. The van der Waals surface area contributed by atoms with Crippen molar-refractivity contribution in [3.8, 4) is 0 Å². The van der Waals surface area contributed by atoms with Crippen LogP contribution in [0.4, 0.5) is 0 Å². The molecule has 0 saturated carbocycles. The van der Waals surface area contributed by atoms with Crippen LogP contribution in [0.1, 0.15) is 0 Å². The van der Waals surface area contributed by atoms with Crippen LogP contribution in [0.5, 0.6) is 0 Å². The first kappa shape index (κ1) is 22.9. The first-order valence-corrected chi connectivity index (χ1v) is 47.6. The quantitative estimate of drug-likeness (QED) is 0.263. The third-order valence-electron chi connectivity index (χ3n) is 12.3. The molecule has 0 N–H and O–H groups in total. The molecular weight excluding hydrogens is 498 g/mol. The Labute approximate surface area is 158 Å². The summed E-state index contributed by atoms with van der Waals surface area (Å²) in [6, 6.07) is 0. The van der Waals surface area contributed by atoms with Crippen molar-refractivity contribution in [2.45, 2.75) is 0 Å². The van der Waals surface area contributed by atoms with Crippen LogP contribution in [-0.2, 0) is 10.5 Å². The van der Waals surface area contributed by atoms with E-state index in [1.807, 2.05) is 0 Å².